The molecule has 0 saturated heterocycles. The normalized spacial score (nSPS) is 12.5. The summed E-state index contributed by atoms with van der Waals surface area (Å²) in [6.45, 7) is 1.46. The van der Waals surface area contributed by atoms with Crippen LogP contribution in [0.15, 0.2) is 53.4 Å². The highest BCUT2D eigenvalue weighted by Crippen LogP contribution is 2.23. The van der Waals surface area contributed by atoms with Crippen molar-refractivity contribution in [1.29, 1.82) is 0 Å². The molecule has 0 fully saturated rings. The number of carbonyl (C=O) groups is 1. The number of carbonyl (C=O) groups excluding carboxylic acids is 1. The number of hydrogen-bond acceptors (Lipinski definition) is 4. The molecule has 0 heterocycles. The van der Waals surface area contributed by atoms with Gasteiger partial charge >= 0.3 is 0 Å². The third-order valence-electron chi connectivity index (χ3n) is 3.21. The number of halogens is 1. The fourth-order valence-corrected chi connectivity index (χ4v) is 3.29. The van der Waals surface area contributed by atoms with Gasteiger partial charge in [0.05, 0.1) is 23.7 Å². The molecule has 0 aromatic heterocycles. The molecule has 0 aliphatic heterocycles. The molecule has 0 spiro atoms. The zero-order valence-corrected chi connectivity index (χ0v) is 14.7. The van der Waals surface area contributed by atoms with Gasteiger partial charge in [0.2, 0.25) is 15.9 Å². The molecule has 2 aromatic rings. The van der Waals surface area contributed by atoms with Gasteiger partial charge < -0.3 is 10.1 Å². The SMILES string of the molecule is COc1ccccc1NC(=O)[C@H](C)NS(=O)(=O)c1ccc(Cl)cc1. The van der Waals surface area contributed by atoms with Crippen LogP contribution in [0.25, 0.3) is 0 Å². The third kappa shape index (κ3) is 4.47. The second kappa shape index (κ2) is 7.65. The molecule has 128 valence electrons. The van der Waals surface area contributed by atoms with Crippen molar-refractivity contribution in [3.63, 3.8) is 0 Å². The molecule has 0 aliphatic carbocycles. The Morgan fingerprint density at radius 1 is 1.12 bits per heavy atom. The fraction of sp³-hybridized carbons (Fsp3) is 0.188. The van der Waals surface area contributed by atoms with Crippen LogP contribution in [0.3, 0.4) is 0 Å². The lowest BCUT2D eigenvalue weighted by Gasteiger charge is -2.16. The van der Waals surface area contributed by atoms with Crippen LogP contribution in [0.5, 0.6) is 5.75 Å². The number of anilines is 1. The van der Waals surface area contributed by atoms with E-state index in [2.05, 4.69) is 10.0 Å². The molecular formula is C16H17ClN2O4S. The number of rotatable bonds is 6. The van der Waals surface area contributed by atoms with Crippen molar-refractivity contribution in [2.75, 3.05) is 12.4 Å². The van der Waals surface area contributed by atoms with Gasteiger partial charge in [-0.2, -0.15) is 4.72 Å². The van der Waals surface area contributed by atoms with Gasteiger partial charge in [0, 0.05) is 5.02 Å². The molecule has 24 heavy (non-hydrogen) atoms. The summed E-state index contributed by atoms with van der Waals surface area (Å²) in [6.07, 6.45) is 0. The van der Waals surface area contributed by atoms with Crippen molar-refractivity contribution in [3.8, 4) is 5.75 Å². The number of para-hydroxylation sites is 2. The van der Waals surface area contributed by atoms with Crippen LogP contribution in [0.4, 0.5) is 5.69 Å². The van der Waals surface area contributed by atoms with Gasteiger partial charge in [-0.1, -0.05) is 23.7 Å². The highest BCUT2D eigenvalue weighted by molar-refractivity contribution is 7.89. The molecule has 8 heteroatoms. The predicted molar refractivity (Wildman–Crippen MR) is 92.9 cm³/mol. The van der Waals surface area contributed by atoms with Gasteiger partial charge in [-0.05, 0) is 43.3 Å². The van der Waals surface area contributed by atoms with Crippen molar-refractivity contribution in [2.45, 2.75) is 17.9 Å². The third-order valence-corrected chi connectivity index (χ3v) is 5.02. The summed E-state index contributed by atoms with van der Waals surface area (Å²) < 4.78 is 32.0. The highest BCUT2D eigenvalue weighted by atomic mass is 35.5. The maximum atomic E-state index is 12.3. The summed E-state index contributed by atoms with van der Waals surface area (Å²) in [5.74, 6) is -0.0179. The average molecular weight is 369 g/mol. The lowest BCUT2D eigenvalue weighted by molar-refractivity contribution is -0.117. The van der Waals surface area contributed by atoms with Crippen molar-refractivity contribution < 1.29 is 17.9 Å². The van der Waals surface area contributed by atoms with Gasteiger partial charge in [-0.15, -0.1) is 0 Å². The first-order chi connectivity index (χ1) is 11.3. The fourth-order valence-electron chi connectivity index (χ4n) is 1.96. The van der Waals surface area contributed by atoms with Crippen molar-refractivity contribution in [3.05, 3.63) is 53.6 Å². The maximum absolute atomic E-state index is 12.3. The topological polar surface area (TPSA) is 84.5 Å². The highest BCUT2D eigenvalue weighted by Gasteiger charge is 2.22. The standard InChI is InChI=1S/C16H17ClN2O4S/c1-11(16(20)18-14-5-3-4-6-15(14)23-2)19-24(21,22)13-9-7-12(17)8-10-13/h3-11,19H,1-2H3,(H,18,20)/t11-/m0/s1. The van der Waals surface area contributed by atoms with E-state index in [1.54, 1.807) is 24.3 Å². The maximum Gasteiger partial charge on any atom is 0.242 e. The Hall–Kier alpha value is -2.09. The Kier molecular flexibility index (Phi) is 5.82. The molecule has 2 rings (SSSR count). The quantitative estimate of drug-likeness (QED) is 0.820. The largest absolute Gasteiger partial charge is 0.495 e. The summed E-state index contributed by atoms with van der Waals surface area (Å²) >= 11 is 5.75. The van der Waals surface area contributed by atoms with Gasteiger partial charge in [0.1, 0.15) is 5.75 Å². The van der Waals surface area contributed by atoms with Crippen LogP contribution >= 0.6 is 11.6 Å². The summed E-state index contributed by atoms with van der Waals surface area (Å²) in [5, 5.41) is 3.06. The van der Waals surface area contributed by atoms with Crippen LogP contribution < -0.4 is 14.8 Å². The summed E-state index contributed by atoms with van der Waals surface area (Å²) in [4.78, 5) is 12.3. The molecule has 2 N–H and O–H groups in total. The number of amides is 1. The Bertz CT molecular complexity index is 822. The number of methoxy groups -OCH3 is 1. The minimum atomic E-state index is -3.83. The lowest BCUT2D eigenvalue weighted by Crippen LogP contribution is -2.41. The molecular weight excluding hydrogens is 352 g/mol. The number of benzene rings is 2. The van der Waals surface area contributed by atoms with Crippen molar-refractivity contribution in [1.82, 2.24) is 4.72 Å². The van der Waals surface area contributed by atoms with Crippen molar-refractivity contribution in [2.24, 2.45) is 0 Å². The van der Waals surface area contributed by atoms with E-state index in [4.69, 9.17) is 16.3 Å². The molecule has 1 atom stereocenters. The second-order valence-corrected chi connectivity index (χ2v) is 7.14. The molecule has 0 saturated carbocycles. The second-order valence-electron chi connectivity index (χ2n) is 4.99. The monoisotopic (exact) mass is 368 g/mol. The molecule has 6 nitrogen and oxygen atoms in total. The lowest BCUT2D eigenvalue weighted by atomic mass is 10.2. The van der Waals surface area contributed by atoms with Crippen LogP contribution in [-0.2, 0) is 14.8 Å². The Balaban J connectivity index is 2.09. The zero-order chi connectivity index (χ0) is 17.7. The number of nitrogens with one attached hydrogen (secondary N) is 2. The number of sulfonamides is 1. The Morgan fingerprint density at radius 2 is 1.75 bits per heavy atom. The van der Waals surface area contributed by atoms with E-state index in [9.17, 15) is 13.2 Å². The van der Waals surface area contributed by atoms with E-state index in [1.165, 1.54) is 38.3 Å². The van der Waals surface area contributed by atoms with Gasteiger partial charge in [0.25, 0.3) is 0 Å². The van der Waals surface area contributed by atoms with Gasteiger partial charge in [0.15, 0.2) is 0 Å². The number of ether oxygens (including phenoxy) is 1. The number of hydrogen-bond donors (Lipinski definition) is 2. The molecule has 0 aliphatic rings. The van der Waals surface area contributed by atoms with E-state index in [0.29, 0.717) is 16.5 Å². The first kappa shape index (κ1) is 18.3. The molecule has 0 bridgehead atoms. The van der Waals surface area contributed by atoms with Crippen LogP contribution in [0.1, 0.15) is 6.92 Å². The predicted octanol–water partition coefficient (Wildman–Crippen LogP) is 2.65. The Morgan fingerprint density at radius 3 is 2.38 bits per heavy atom. The summed E-state index contributed by atoms with van der Waals surface area (Å²) in [5.41, 5.74) is 0.461. The van der Waals surface area contributed by atoms with Gasteiger partial charge in [-0.25, -0.2) is 8.42 Å². The molecule has 0 radical (unpaired) electrons. The van der Waals surface area contributed by atoms with Gasteiger partial charge in [-0.3, -0.25) is 4.79 Å². The van der Waals surface area contributed by atoms with Crippen LogP contribution in [-0.4, -0.2) is 27.5 Å². The van der Waals surface area contributed by atoms with Crippen LogP contribution in [0, 0.1) is 0 Å². The van der Waals surface area contributed by atoms with E-state index in [1.807, 2.05) is 0 Å². The van der Waals surface area contributed by atoms with Crippen LogP contribution in [0.2, 0.25) is 5.02 Å². The summed E-state index contributed by atoms with van der Waals surface area (Å²) in [7, 11) is -2.35. The average Bonchev–Trinajstić information content (AvgIpc) is 2.55. The van der Waals surface area contributed by atoms with Crippen molar-refractivity contribution >= 4 is 33.2 Å². The molecule has 1 amide bonds. The smallest absolute Gasteiger partial charge is 0.242 e. The molecule has 2 aromatic carbocycles. The Labute approximate surface area is 145 Å². The van der Waals surface area contributed by atoms with E-state index in [-0.39, 0.29) is 4.90 Å². The molecule has 0 unspecified atom stereocenters. The minimum Gasteiger partial charge on any atom is -0.495 e. The minimum absolute atomic E-state index is 0.0313. The zero-order valence-electron chi connectivity index (χ0n) is 13.1. The van der Waals surface area contributed by atoms with E-state index < -0.39 is 22.0 Å². The van der Waals surface area contributed by atoms with E-state index in [0.717, 1.165) is 0 Å². The first-order valence-corrected chi connectivity index (χ1v) is 8.91. The summed E-state index contributed by atoms with van der Waals surface area (Å²) in [6, 6.07) is 11.6. The van der Waals surface area contributed by atoms with E-state index >= 15 is 0 Å². The first-order valence-electron chi connectivity index (χ1n) is 7.05.